The van der Waals surface area contributed by atoms with E-state index >= 15 is 0 Å². The van der Waals surface area contributed by atoms with E-state index in [0.29, 0.717) is 29.8 Å². The summed E-state index contributed by atoms with van der Waals surface area (Å²) in [6, 6.07) is 18.1. The molecule has 1 aliphatic rings. The smallest absolute Gasteiger partial charge is 0.340 e. The van der Waals surface area contributed by atoms with Crippen LogP contribution in [-0.4, -0.2) is 42.1 Å². The van der Waals surface area contributed by atoms with Crippen molar-refractivity contribution in [1.29, 1.82) is 0 Å². The number of benzene rings is 2. The van der Waals surface area contributed by atoms with Crippen molar-refractivity contribution >= 4 is 18.0 Å². The minimum absolute atomic E-state index is 0.193. The summed E-state index contributed by atoms with van der Waals surface area (Å²) in [5.74, 6) is 0.0573. The van der Waals surface area contributed by atoms with Gasteiger partial charge in [0.2, 0.25) is 0 Å². The Morgan fingerprint density at radius 2 is 1.69 bits per heavy atom. The summed E-state index contributed by atoms with van der Waals surface area (Å²) >= 11 is 0. The number of hydrogen-bond acceptors (Lipinski definition) is 4. The van der Waals surface area contributed by atoms with E-state index in [-0.39, 0.29) is 5.91 Å². The Morgan fingerprint density at radius 3 is 2.36 bits per heavy atom. The molecule has 0 fully saturated rings. The first-order valence-electron chi connectivity index (χ1n) is 12.0. The normalized spacial score (nSPS) is 14.7. The van der Waals surface area contributed by atoms with Gasteiger partial charge in [-0.2, -0.15) is 0 Å². The first-order chi connectivity index (χ1) is 17.3. The molecule has 6 nitrogen and oxygen atoms in total. The number of methoxy groups -OCH3 is 2. The van der Waals surface area contributed by atoms with Crippen LogP contribution < -0.4 is 4.74 Å². The molecule has 2 heterocycles. The molecule has 0 radical (unpaired) electrons. The summed E-state index contributed by atoms with van der Waals surface area (Å²) in [4.78, 5) is 28.0. The van der Waals surface area contributed by atoms with Crippen LogP contribution in [0.25, 0.3) is 11.8 Å². The monoisotopic (exact) mass is 484 g/mol. The van der Waals surface area contributed by atoms with E-state index in [4.69, 9.17) is 9.47 Å². The molecule has 36 heavy (non-hydrogen) atoms. The second-order valence-electron chi connectivity index (χ2n) is 9.04. The summed E-state index contributed by atoms with van der Waals surface area (Å²) in [5.41, 5.74) is 7.25. The lowest BCUT2D eigenvalue weighted by molar-refractivity contribution is -0.136. The highest BCUT2D eigenvalue weighted by Crippen LogP contribution is 2.34. The molecular weight excluding hydrogens is 452 g/mol. The molecule has 0 bridgehead atoms. The molecule has 0 saturated heterocycles. The molecule has 1 aromatic heterocycles. The van der Waals surface area contributed by atoms with Crippen molar-refractivity contribution in [1.82, 2.24) is 9.47 Å². The van der Waals surface area contributed by atoms with Gasteiger partial charge in [-0.1, -0.05) is 36.4 Å². The fraction of sp³-hybridized carbons (Fsp3) is 0.267. The predicted molar refractivity (Wildman–Crippen MR) is 141 cm³/mol. The number of esters is 1. The molecule has 0 saturated carbocycles. The van der Waals surface area contributed by atoms with Crippen LogP contribution in [0.1, 0.15) is 35.0 Å². The summed E-state index contributed by atoms with van der Waals surface area (Å²) in [5, 5.41) is 0. The molecule has 0 N–H and O–H groups in total. The number of aromatic nitrogens is 1. The van der Waals surface area contributed by atoms with Gasteiger partial charge in [-0.25, -0.2) is 4.79 Å². The zero-order chi connectivity index (χ0) is 26.0. The highest BCUT2D eigenvalue weighted by Gasteiger charge is 2.37. The molecule has 0 unspecified atom stereocenters. The van der Waals surface area contributed by atoms with Crippen LogP contribution in [0, 0.1) is 20.8 Å². The molecule has 0 atom stereocenters. The molecule has 4 rings (SSSR count). The maximum Gasteiger partial charge on any atom is 0.340 e. The molecule has 0 aliphatic carbocycles. The lowest BCUT2D eigenvalue weighted by atomic mass is 10.0. The van der Waals surface area contributed by atoms with E-state index in [2.05, 4.69) is 10.6 Å². The second kappa shape index (κ2) is 10.3. The number of aryl methyl sites for hydroxylation is 2. The van der Waals surface area contributed by atoms with Gasteiger partial charge in [-0.05, 0) is 75.1 Å². The van der Waals surface area contributed by atoms with Gasteiger partial charge in [-0.3, -0.25) is 4.79 Å². The van der Waals surface area contributed by atoms with Gasteiger partial charge < -0.3 is 18.9 Å². The van der Waals surface area contributed by atoms with Gasteiger partial charge in [-0.15, -0.1) is 0 Å². The summed E-state index contributed by atoms with van der Waals surface area (Å²) in [6.07, 6.45) is 2.50. The summed E-state index contributed by atoms with van der Waals surface area (Å²) in [6.45, 7) is 8.34. The van der Waals surface area contributed by atoms with Gasteiger partial charge in [0, 0.05) is 23.6 Å². The number of rotatable bonds is 7. The Kier molecular flexibility index (Phi) is 7.15. The van der Waals surface area contributed by atoms with Gasteiger partial charge >= 0.3 is 5.97 Å². The number of ether oxygens (including phenoxy) is 2. The molecular formula is C30H32N2O4. The van der Waals surface area contributed by atoms with Gasteiger partial charge in [0.25, 0.3) is 5.91 Å². The maximum atomic E-state index is 13.6. The van der Waals surface area contributed by atoms with E-state index < -0.39 is 5.97 Å². The lowest BCUT2D eigenvalue weighted by Gasteiger charge is -2.17. The van der Waals surface area contributed by atoms with Crippen LogP contribution in [0.4, 0.5) is 0 Å². The quantitative estimate of drug-likeness (QED) is 0.336. The van der Waals surface area contributed by atoms with E-state index in [1.54, 1.807) is 18.9 Å². The largest absolute Gasteiger partial charge is 0.495 e. The Balaban J connectivity index is 1.75. The Bertz CT molecular complexity index is 1380. The van der Waals surface area contributed by atoms with E-state index in [0.717, 1.165) is 39.5 Å². The lowest BCUT2D eigenvalue weighted by Crippen LogP contribution is -2.27. The Morgan fingerprint density at radius 1 is 0.972 bits per heavy atom. The van der Waals surface area contributed by atoms with Crippen molar-refractivity contribution in [2.45, 2.75) is 34.1 Å². The number of allylic oxidation sites excluding steroid dienone is 1. The van der Waals surface area contributed by atoms with Crippen LogP contribution in [0.3, 0.4) is 0 Å². The van der Waals surface area contributed by atoms with E-state index in [1.807, 2.05) is 75.4 Å². The Hall–Kier alpha value is -4.06. The minimum Gasteiger partial charge on any atom is -0.495 e. The zero-order valence-electron chi connectivity index (χ0n) is 21.7. The summed E-state index contributed by atoms with van der Waals surface area (Å²) in [7, 11) is 3.00. The molecule has 3 aromatic rings. The van der Waals surface area contributed by atoms with Gasteiger partial charge in [0.05, 0.1) is 31.1 Å². The second-order valence-corrected chi connectivity index (χ2v) is 9.04. The zero-order valence-corrected chi connectivity index (χ0v) is 21.7. The first-order valence-corrected chi connectivity index (χ1v) is 12.0. The molecule has 6 heteroatoms. The van der Waals surface area contributed by atoms with Crippen LogP contribution in [-0.2, 0) is 20.7 Å². The number of carbonyl (C=O) groups is 2. The molecule has 186 valence electrons. The molecule has 1 amide bonds. The number of hydrogen-bond donors (Lipinski definition) is 0. The van der Waals surface area contributed by atoms with Crippen LogP contribution in [0.15, 0.2) is 71.4 Å². The van der Waals surface area contributed by atoms with Crippen molar-refractivity contribution in [3.8, 4) is 11.4 Å². The van der Waals surface area contributed by atoms with Gasteiger partial charge in [0.1, 0.15) is 5.75 Å². The third-order valence-electron chi connectivity index (χ3n) is 6.71. The van der Waals surface area contributed by atoms with E-state index in [1.165, 1.54) is 7.11 Å². The third-order valence-corrected chi connectivity index (χ3v) is 6.71. The van der Waals surface area contributed by atoms with Crippen LogP contribution in [0.5, 0.6) is 5.75 Å². The predicted octanol–water partition coefficient (Wildman–Crippen LogP) is 5.33. The van der Waals surface area contributed by atoms with E-state index in [9.17, 15) is 9.59 Å². The topological polar surface area (TPSA) is 60.8 Å². The fourth-order valence-electron chi connectivity index (χ4n) is 4.82. The van der Waals surface area contributed by atoms with Crippen molar-refractivity contribution < 1.29 is 19.1 Å². The maximum absolute atomic E-state index is 13.6. The average molecular weight is 485 g/mol. The van der Waals surface area contributed by atoms with Crippen molar-refractivity contribution in [2.24, 2.45) is 0 Å². The van der Waals surface area contributed by atoms with Crippen molar-refractivity contribution in [3.63, 3.8) is 0 Å². The van der Waals surface area contributed by atoms with Crippen molar-refractivity contribution in [3.05, 3.63) is 99.5 Å². The summed E-state index contributed by atoms with van der Waals surface area (Å²) < 4.78 is 12.8. The minimum atomic E-state index is -0.511. The molecule has 1 aliphatic heterocycles. The van der Waals surface area contributed by atoms with Crippen LogP contribution in [0.2, 0.25) is 0 Å². The highest BCUT2D eigenvalue weighted by molar-refractivity contribution is 6.16. The standard InChI is InChI=1S/C30H32N2O4/c1-19-12-13-27(35-5)26(16-19)32-20(2)17-24(21(32)3)18-25-28(30(34)36-6)22(4)31(29(25)33)15-14-23-10-8-7-9-11-23/h7-13,16-18H,14-15H2,1-6H3/b25-18-. The number of carbonyl (C=O) groups excluding carboxylic acids is 2. The molecule has 2 aromatic carbocycles. The van der Waals surface area contributed by atoms with Crippen molar-refractivity contribution in [2.75, 3.05) is 20.8 Å². The molecule has 0 spiro atoms. The fourth-order valence-corrected chi connectivity index (χ4v) is 4.82. The van der Waals surface area contributed by atoms with Gasteiger partial charge in [0.15, 0.2) is 0 Å². The SMILES string of the molecule is COC(=O)C1=C(C)N(CCc2ccccc2)C(=O)/C1=C\c1cc(C)n(-c2cc(C)ccc2OC)c1C. The number of nitrogens with zero attached hydrogens (tertiary/aromatic N) is 2. The third kappa shape index (κ3) is 4.59. The highest BCUT2D eigenvalue weighted by atomic mass is 16.5. The first kappa shape index (κ1) is 25.0. The van der Waals surface area contributed by atoms with Crippen LogP contribution >= 0.6 is 0 Å². The number of amides is 1. The average Bonchev–Trinajstić information content (AvgIpc) is 3.28. The Labute approximate surface area is 212 Å².